The van der Waals surface area contributed by atoms with E-state index in [1.54, 1.807) is 6.08 Å². The smallest absolute Gasteiger partial charge is 0.246 e. The van der Waals surface area contributed by atoms with Gasteiger partial charge in [-0.15, -0.1) is 0 Å². The van der Waals surface area contributed by atoms with Crippen LogP contribution in [-0.2, 0) is 9.59 Å². The van der Waals surface area contributed by atoms with Gasteiger partial charge in [0.25, 0.3) is 0 Å². The molecule has 0 radical (unpaired) electrons. The summed E-state index contributed by atoms with van der Waals surface area (Å²) in [6, 6.07) is 9.98. The molecule has 1 unspecified atom stereocenters. The van der Waals surface area contributed by atoms with E-state index in [1.807, 2.05) is 48.2 Å². The first-order valence-corrected chi connectivity index (χ1v) is 8.79. The van der Waals surface area contributed by atoms with Gasteiger partial charge in [0.05, 0.1) is 0 Å². The van der Waals surface area contributed by atoms with Crippen molar-refractivity contribution < 1.29 is 9.59 Å². The lowest BCUT2D eigenvalue weighted by atomic mass is 9.94. The molecule has 1 heterocycles. The molecule has 4 heteroatoms. The van der Waals surface area contributed by atoms with Crippen molar-refractivity contribution in [1.82, 2.24) is 10.2 Å². The highest BCUT2D eigenvalue weighted by molar-refractivity contribution is 5.92. The highest BCUT2D eigenvalue weighted by Crippen LogP contribution is 2.18. The maximum absolute atomic E-state index is 12.3. The van der Waals surface area contributed by atoms with E-state index >= 15 is 0 Å². The van der Waals surface area contributed by atoms with Crippen LogP contribution in [0.25, 0.3) is 6.08 Å². The van der Waals surface area contributed by atoms with Crippen LogP contribution >= 0.6 is 0 Å². The summed E-state index contributed by atoms with van der Waals surface area (Å²) < 4.78 is 0. The van der Waals surface area contributed by atoms with Gasteiger partial charge in [0.2, 0.25) is 11.8 Å². The molecule has 0 aromatic heterocycles. The highest BCUT2D eigenvalue weighted by atomic mass is 16.2. The van der Waals surface area contributed by atoms with Crippen LogP contribution in [0, 0.1) is 11.8 Å². The Hall–Kier alpha value is -2.10. The van der Waals surface area contributed by atoms with Gasteiger partial charge in [-0.3, -0.25) is 9.59 Å². The van der Waals surface area contributed by atoms with Crippen molar-refractivity contribution >= 4 is 17.9 Å². The number of carbonyl (C=O) groups excluding carboxylic acids is 2. The molecular weight excluding hydrogens is 300 g/mol. The number of benzene rings is 1. The molecule has 24 heavy (non-hydrogen) atoms. The van der Waals surface area contributed by atoms with Crippen LogP contribution < -0.4 is 5.32 Å². The molecule has 1 fully saturated rings. The van der Waals surface area contributed by atoms with Gasteiger partial charge in [-0.25, -0.2) is 0 Å². The van der Waals surface area contributed by atoms with Gasteiger partial charge in [0, 0.05) is 31.1 Å². The molecule has 0 saturated carbocycles. The van der Waals surface area contributed by atoms with Gasteiger partial charge in [-0.1, -0.05) is 44.2 Å². The molecule has 0 bridgehead atoms. The van der Waals surface area contributed by atoms with E-state index in [0.29, 0.717) is 19.0 Å². The van der Waals surface area contributed by atoms with Crippen molar-refractivity contribution in [2.75, 3.05) is 13.1 Å². The topological polar surface area (TPSA) is 49.4 Å². The fourth-order valence-electron chi connectivity index (χ4n) is 2.71. The molecular formula is C20H28N2O2. The Kier molecular flexibility index (Phi) is 6.59. The van der Waals surface area contributed by atoms with Gasteiger partial charge >= 0.3 is 0 Å². The summed E-state index contributed by atoms with van der Waals surface area (Å²) in [5.41, 5.74) is 1.02. The zero-order valence-electron chi connectivity index (χ0n) is 14.9. The van der Waals surface area contributed by atoms with Crippen molar-refractivity contribution in [2.24, 2.45) is 11.8 Å². The number of piperidine rings is 1. The second-order valence-electron chi connectivity index (χ2n) is 6.88. The molecule has 1 atom stereocenters. The van der Waals surface area contributed by atoms with Crippen molar-refractivity contribution in [1.29, 1.82) is 0 Å². The van der Waals surface area contributed by atoms with Crippen molar-refractivity contribution in [2.45, 2.75) is 39.7 Å². The number of amides is 2. The maximum Gasteiger partial charge on any atom is 0.246 e. The first-order chi connectivity index (χ1) is 11.5. The van der Waals surface area contributed by atoms with E-state index < -0.39 is 0 Å². The molecule has 0 spiro atoms. The predicted molar refractivity (Wildman–Crippen MR) is 97.2 cm³/mol. The summed E-state index contributed by atoms with van der Waals surface area (Å²) in [6.45, 7) is 7.53. The van der Waals surface area contributed by atoms with Crippen LogP contribution in [0.4, 0.5) is 0 Å². The average Bonchev–Trinajstić information content (AvgIpc) is 2.60. The number of nitrogens with one attached hydrogen (secondary N) is 1. The molecule has 1 aromatic carbocycles. The van der Waals surface area contributed by atoms with Gasteiger partial charge in [-0.05, 0) is 37.3 Å². The van der Waals surface area contributed by atoms with Crippen LogP contribution in [0.2, 0.25) is 0 Å². The van der Waals surface area contributed by atoms with Crippen LogP contribution in [0.5, 0.6) is 0 Å². The average molecular weight is 328 g/mol. The molecule has 1 aliphatic rings. The first kappa shape index (κ1) is 18.2. The van der Waals surface area contributed by atoms with E-state index in [0.717, 1.165) is 18.4 Å². The monoisotopic (exact) mass is 328 g/mol. The lowest BCUT2D eigenvalue weighted by Crippen LogP contribution is -2.45. The Balaban J connectivity index is 1.80. The summed E-state index contributed by atoms with van der Waals surface area (Å²) in [4.78, 5) is 26.4. The third-order valence-electron chi connectivity index (χ3n) is 4.77. The molecule has 4 nitrogen and oxygen atoms in total. The molecule has 2 amide bonds. The van der Waals surface area contributed by atoms with Gasteiger partial charge in [0.15, 0.2) is 0 Å². The number of hydrogen-bond donors (Lipinski definition) is 1. The Bertz CT molecular complexity index is 573. The van der Waals surface area contributed by atoms with E-state index in [-0.39, 0.29) is 23.8 Å². The molecule has 1 aliphatic heterocycles. The Morgan fingerprint density at radius 1 is 1.12 bits per heavy atom. The number of rotatable bonds is 5. The van der Waals surface area contributed by atoms with E-state index in [9.17, 15) is 9.59 Å². The van der Waals surface area contributed by atoms with Crippen LogP contribution in [0.15, 0.2) is 36.4 Å². The van der Waals surface area contributed by atoms with Crippen LogP contribution in [-0.4, -0.2) is 35.8 Å². The maximum atomic E-state index is 12.3. The molecule has 1 N–H and O–H groups in total. The molecule has 130 valence electrons. The summed E-state index contributed by atoms with van der Waals surface area (Å²) in [5.74, 6) is 0.600. The fourth-order valence-corrected chi connectivity index (χ4v) is 2.71. The lowest BCUT2D eigenvalue weighted by Gasteiger charge is -2.31. The van der Waals surface area contributed by atoms with Crippen molar-refractivity contribution in [3.8, 4) is 0 Å². The molecule has 1 saturated heterocycles. The van der Waals surface area contributed by atoms with Gasteiger partial charge in [0.1, 0.15) is 0 Å². The molecule has 0 aliphatic carbocycles. The minimum atomic E-state index is 0.0215. The largest absolute Gasteiger partial charge is 0.353 e. The number of hydrogen-bond acceptors (Lipinski definition) is 2. The summed E-state index contributed by atoms with van der Waals surface area (Å²) >= 11 is 0. The minimum Gasteiger partial charge on any atom is -0.353 e. The summed E-state index contributed by atoms with van der Waals surface area (Å²) in [6.07, 6.45) is 4.94. The van der Waals surface area contributed by atoms with Gasteiger partial charge in [-0.2, -0.15) is 0 Å². The second-order valence-corrected chi connectivity index (χ2v) is 6.88. The SMILES string of the molecule is CC(C)C(C)NC(=O)C1CCN(C(=O)/C=C/c2ccccc2)CC1. The lowest BCUT2D eigenvalue weighted by molar-refractivity contribution is -0.132. The number of nitrogens with zero attached hydrogens (tertiary/aromatic N) is 1. The summed E-state index contributed by atoms with van der Waals surface area (Å²) in [5, 5.41) is 3.08. The van der Waals surface area contributed by atoms with Crippen molar-refractivity contribution in [3.63, 3.8) is 0 Å². The standard InChI is InChI=1S/C20H28N2O2/c1-15(2)16(3)21-20(24)18-11-13-22(14-12-18)19(23)10-9-17-7-5-4-6-8-17/h4-10,15-16,18H,11-14H2,1-3H3,(H,21,24)/b10-9+. The van der Waals surface area contributed by atoms with E-state index in [4.69, 9.17) is 0 Å². The molecule has 2 rings (SSSR count). The van der Waals surface area contributed by atoms with Crippen LogP contribution in [0.3, 0.4) is 0 Å². The Morgan fingerprint density at radius 2 is 1.75 bits per heavy atom. The van der Waals surface area contributed by atoms with Crippen LogP contribution in [0.1, 0.15) is 39.2 Å². The Morgan fingerprint density at radius 3 is 2.33 bits per heavy atom. The summed E-state index contributed by atoms with van der Waals surface area (Å²) in [7, 11) is 0. The normalized spacial score (nSPS) is 17.2. The van der Waals surface area contributed by atoms with E-state index in [1.165, 1.54) is 0 Å². The van der Waals surface area contributed by atoms with E-state index in [2.05, 4.69) is 19.2 Å². The predicted octanol–water partition coefficient (Wildman–Crippen LogP) is 3.10. The highest BCUT2D eigenvalue weighted by Gasteiger charge is 2.27. The Labute approximate surface area is 144 Å². The third-order valence-corrected chi connectivity index (χ3v) is 4.77. The number of likely N-dealkylation sites (tertiary alicyclic amines) is 1. The zero-order chi connectivity index (χ0) is 17.5. The van der Waals surface area contributed by atoms with Gasteiger partial charge < -0.3 is 10.2 Å². The van der Waals surface area contributed by atoms with Crippen molar-refractivity contribution in [3.05, 3.63) is 42.0 Å². The quantitative estimate of drug-likeness (QED) is 0.844. The molecule has 1 aromatic rings. The second kappa shape index (κ2) is 8.67. The third kappa shape index (κ3) is 5.22. The first-order valence-electron chi connectivity index (χ1n) is 8.79. The zero-order valence-corrected chi connectivity index (χ0v) is 14.9. The fraction of sp³-hybridized carbons (Fsp3) is 0.500. The number of carbonyl (C=O) groups is 2. The minimum absolute atomic E-state index is 0.0215.